The Labute approximate surface area is 90.5 Å². The molecule has 1 aliphatic rings. The van der Waals surface area contributed by atoms with E-state index in [0.29, 0.717) is 5.39 Å². The number of aromatic hydroxyl groups is 1. The van der Waals surface area contributed by atoms with Crippen molar-refractivity contribution in [2.45, 2.75) is 0 Å². The Bertz CT molecular complexity index is 646. The summed E-state index contributed by atoms with van der Waals surface area (Å²) in [7, 11) is 0. The van der Waals surface area contributed by atoms with Gasteiger partial charge in [0.1, 0.15) is 5.75 Å². The van der Waals surface area contributed by atoms with Crippen molar-refractivity contribution in [3.63, 3.8) is 0 Å². The minimum Gasteiger partial charge on any atom is -0.506 e. The van der Waals surface area contributed by atoms with E-state index in [1.165, 1.54) is 0 Å². The number of rotatable bonds is 0. The summed E-state index contributed by atoms with van der Waals surface area (Å²) in [5, 5.41) is 13.4. The lowest BCUT2D eigenvalue weighted by atomic mass is 10.0. The van der Waals surface area contributed by atoms with Gasteiger partial charge in [-0.1, -0.05) is 24.3 Å². The van der Waals surface area contributed by atoms with Gasteiger partial charge in [-0.3, -0.25) is 14.9 Å². The van der Waals surface area contributed by atoms with E-state index in [4.69, 9.17) is 0 Å². The molecule has 0 atom stereocenters. The molecule has 0 saturated heterocycles. The van der Waals surface area contributed by atoms with Crippen LogP contribution in [0.1, 0.15) is 20.7 Å². The van der Waals surface area contributed by atoms with Crippen LogP contribution in [0.5, 0.6) is 5.75 Å². The molecule has 0 saturated carbocycles. The van der Waals surface area contributed by atoms with Crippen LogP contribution in [0, 0.1) is 0 Å². The number of nitrogens with one attached hydrogen (secondary N) is 1. The van der Waals surface area contributed by atoms with E-state index < -0.39 is 11.8 Å². The highest BCUT2D eigenvalue weighted by Crippen LogP contribution is 2.33. The lowest BCUT2D eigenvalue weighted by Crippen LogP contribution is -2.19. The molecule has 16 heavy (non-hydrogen) atoms. The van der Waals surface area contributed by atoms with Gasteiger partial charge in [0.05, 0.1) is 11.1 Å². The van der Waals surface area contributed by atoms with E-state index in [0.717, 1.165) is 5.39 Å². The second-order valence-corrected chi connectivity index (χ2v) is 3.65. The molecule has 0 aliphatic carbocycles. The Morgan fingerprint density at radius 2 is 1.81 bits per heavy atom. The number of hydrogen-bond acceptors (Lipinski definition) is 3. The predicted octanol–water partition coefficient (Wildman–Crippen LogP) is 1.43. The van der Waals surface area contributed by atoms with Crippen molar-refractivity contribution in [2.24, 2.45) is 0 Å². The Morgan fingerprint density at radius 3 is 2.62 bits per heavy atom. The third kappa shape index (κ3) is 0.982. The Hall–Kier alpha value is -2.36. The molecule has 4 heteroatoms. The fourth-order valence-electron chi connectivity index (χ4n) is 1.97. The lowest BCUT2D eigenvalue weighted by Gasteiger charge is -2.04. The SMILES string of the molecule is O=C1NC(=O)c2c1cc1ccccc1c2O. The number of fused-ring (bicyclic) bond motifs is 2. The Balaban J connectivity index is 2.50. The van der Waals surface area contributed by atoms with Crippen LogP contribution in [0.25, 0.3) is 10.8 Å². The maximum Gasteiger partial charge on any atom is 0.262 e. The molecular formula is C12H7NO3. The number of benzene rings is 2. The van der Waals surface area contributed by atoms with Crippen LogP contribution >= 0.6 is 0 Å². The standard InChI is InChI=1S/C12H7NO3/c14-10-7-4-2-1-3-6(7)5-8-9(10)12(16)13-11(8)15/h1-5,14H,(H,13,15,16). The molecule has 78 valence electrons. The van der Waals surface area contributed by atoms with E-state index in [9.17, 15) is 14.7 Å². The first-order chi connectivity index (χ1) is 7.68. The van der Waals surface area contributed by atoms with Crippen molar-refractivity contribution in [3.8, 4) is 5.75 Å². The van der Waals surface area contributed by atoms with Crippen molar-refractivity contribution in [2.75, 3.05) is 0 Å². The number of carbonyl (C=O) groups is 2. The third-order valence-electron chi connectivity index (χ3n) is 2.72. The number of phenols is 1. The maximum absolute atomic E-state index is 11.4. The summed E-state index contributed by atoms with van der Waals surface area (Å²) in [4.78, 5) is 22.9. The molecule has 0 aromatic heterocycles. The van der Waals surface area contributed by atoms with Crippen LogP contribution in [-0.4, -0.2) is 16.9 Å². The average molecular weight is 213 g/mol. The normalized spacial score (nSPS) is 14.0. The lowest BCUT2D eigenvalue weighted by molar-refractivity contribution is 0.0879. The minimum atomic E-state index is -0.539. The van der Waals surface area contributed by atoms with Crippen LogP contribution in [-0.2, 0) is 0 Å². The van der Waals surface area contributed by atoms with Gasteiger partial charge in [0.15, 0.2) is 0 Å². The quantitative estimate of drug-likeness (QED) is 0.650. The minimum absolute atomic E-state index is 0.0729. The van der Waals surface area contributed by atoms with Gasteiger partial charge in [-0.2, -0.15) is 0 Å². The van der Waals surface area contributed by atoms with E-state index in [2.05, 4.69) is 5.32 Å². The van der Waals surface area contributed by atoms with Crippen LogP contribution in [0.3, 0.4) is 0 Å². The van der Waals surface area contributed by atoms with Crippen molar-refractivity contribution < 1.29 is 14.7 Å². The van der Waals surface area contributed by atoms with Crippen LogP contribution in [0.4, 0.5) is 0 Å². The van der Waals surface area contributed by atoms with Gasteiger partial charge in [-0.15, -0.1) is 0 Å². The molecule has 0 unspecified atom stereocenters. The van der Waals surface area contributed by atoms with E-state index in [-0.39, 0.29) is 16.9 Å². The first-order valence-electron chi connectivity index (χ1n) is 4.79. The van der Waals surface area contributed by atoms with Gasteiger partial charge in [-0.25, -0.2) is 0 Å². The highest BCUT2D eigenvalue weighted by molar-refractivity contribution is 6.25. The van der Waals surface area contributed by atoms with Crippen LogP contribution in [0.15, 0.2) is 30.3 Å². The Morgan fingerprint density at radius 1 is 1.06 bits per heavy atom. The third-order valence-corrected chi connectivity index (χ3v) is 2.72. The largest absolute Gasteiger partial charge is 0.506 e. The zero-order chi connectivity index (χ0) is 11.3. The molecule has 2 aromatic rings. The van der Waals surface area contributed by atoms with Crippen molar-refractivity contribution in [1.82, 2.24) is 5.32 Å². The van der Waals surface area contributed by atoms with Crippen LogP contribution in [0.2, 0.25) is 0 Å². The highest BCUT2D eigenvalue weighted by Gasteiger charge is 2.30. The number of carbonyl (C=O) groups excluding carboxylic acids is 2. The topological polar surface area (TPSA) is 66.4 Å². The Kier molecular flexibility index (Phi) is 1.57. The second-order valence-electron chi connectivity index (χ2n) is 3.65. The van der Waals surface area contributed by atoms with Gasteiger partial charge in [0, 0.05) is 5.39 Å². The number of hydrogen-bond donors (Lipinski definition) is 2. The molecule has 0 bridgehead atoms. The maximum atomic E-state index is 11.4. The fraction of sp³-hybridized carbons (Fsp3) is 0. The molecule has 0 spiro atoms. The molecule has 0 fully saturated rings. The van der Waals surface area contributed by atoms with Crippen LogP contribution < -0.4 is 5.32 Å². The van der Waals surface area contributed by atoms with E-state index in [1.54, 1.807) is 24.3 Å². The van der Waals surface area contributed by atoms with E-state index in [1.807, 2.05) is 6.07 Å². The number of imide groups is 1. The number of amides is 2. The average Bonchev–Trinajstić information content (AvgIpc) is 2.55. The first kappa shape index (κ1) is 8.91. The molecule has 0 radical (unpaired) electrons. The smallest absolute Gasteiger partial charge is 0.262 e. The van der Waals surface area contributed by atoms with E-state index >= 15 is 0 Å². The molecule has 4 nitrogen and oxygen atoms in total. The molecule has 2 aromatic carbocycles. The van der Waals surface area contributed by atoms with Gasteiger partial charge < -0.3 is 5.11 Å². The predicted molar refractivity (Wildman–Crippen MR) is 57.4 cm³/mol. The molecule has 3 rings (SSSR count). The molecule has 2 amide bonds. The summed E-state index contributed by atoms with van der Waals surface area (Å²) in [5.74, 6) is -1.12. The molecule has 1 heterocycles. The summed E-state index contributed by atoms with van der Waals surface area (Å²) in [6, 6.07) is 8.68. The zero-order valence-corrected chi connectivity index (χ0v) is 8.15. The monoisotopic (exact) mass is 213 g/mol. The number of phenolic OH excluding ortho intramolecular Hbond substituents is 1. The fourth-order valence-corrected chi connectivity index (χ4v) is 1.97. The summed E-state index contributed by atoms with van der Waals surface area (Å²) in [6.07, 6.45) is 0. The molecular weight excluding hydrogens is 206 g/mol. The van der Waals surface area contributed by atoms with Crippen molar-refractivity contribution >= 4 is 22.6 Å². The highest BCUT2D eigenvalue weighted by atomic mass is 16.3. The zero-order valence-electron chi connectivity index (χ0n) is 8.15. The van der Waals surface area contributed by atoms with Gasteiger partial charge in [0.25, 0.3) is 11.8 Å². The summed E-state index contributed by atoms with van der Waals surface area (Å²) < 4.78 is 0. The van der Waals surface area contributed by atoms with Crippen molar-refractivity contribution in [3.05, 3.63) is 41.5 Å². The van der Waals surface area contributed by atoms with Gasteiger partial charge in [-0.05, 0) is 11.5 Å². The summed E-state index contributed by atoms with van der Waals surface area (Å²) >= 11 is 0. The van der Waals surface area contributed by atoms with Crippen molar-refractivity contribution in [1.29, 1.82) is 0 Å². The first-order valence-corrected chi connectivity index (χ1v) is 4.79. The second kappa shape index (κ2) is 2.82. The molecule has 2 N–H and O–H groups in total. The van der Waals surface area contributed by atoms with Gasteiger partial charge in [0.2, 0.25) is 0 Å². The summed E-state index contributed by atoms with van der Waals surface area (Å²) in [6.45, 7) is 0. The van der Waals surface area contributed by atoms with Gasteiger partial charge >= 0.3 is 0 Å². The summed E-state index contributed by atoms with van der Waals surface area (Å²) in [5.41, 5.74) is 0.310. The molecule has 1 aliphatic heterocycles.